The van der Waals surface area contributed by atoms with Crippen LogP contribution in [-0.2, 0) is 0 Å². The van der Waals surface area contributed by atoms with E-state index >= 15 is 0 Å². The van der Waals surface area contributed by atoms with Crippen molar-refractivity contribution in [3.8, 4) is 5.75 Å². The molecule has 104 valence electrons. The van der Waals surface area contributed by atoms with Gasteiger partial charge in [0.1, 0.15) is 0 Å². The van der Waals surface area contributed by atoms with Crippen LogP contribution < -0.4 is 15.4 Å². The van der Waals surface area contributed by atoms with Crippen LogP contribution in [0.2, 0.25) is 0 Å². The summed E-state index contributed by atoms with van der Waals surface area (Å²) in [6.45, 7) is 2.01. The van der Waals surface area contributed by atoms with Crippen molar-refractivity contribution in [3.05, 3.63) is 53.8 Å². The van der Waals surface area contributed by atoms with Gasteiger partial charge in [-0.1, -0.05) is 17.7 Å². The number of methoxy groups -OCH3 is 1. The molecule has 0 heterocycles. The van der Waals surface area contributed by atoms with Gasteiger partial charge in [-0.05, 0) is 43.4 Å². The van der Waals surface area contributed by atoms with E-state index in [9.17, 15) is 4.39 Å². The average molecular weight is 290 g/mol. The van der Waals surface area contributed by atoms with Crippen molar-refractivity contribution in [1.82, 2.24) is 0 Å². The molecule has 3 nitrogen and oxygen atoms in total. The van der Waals surface area contributed by atoms with Crippen LogP contribution in [0, 0.1) is 12.7 Å². The fourth-order valence-electron chi connectivity index (χ4n) is 1.67. The molecule has 0 amide bonds. The van der Waals surface area contributed by atoms with Gasteiger partial charge in [0.15, 0.2) is 16.7 Å². The number of nitrogens with one attached hydrogen (secondary N) is 2. The van der Waals surface area contributed by atoms with Crippen LogP contribution >= 0.6 is 12.2 Å². The second-order valence-electron chi connectivity index (χ2n) is 4.29. The first-order chi connectivity index (χ1) is 9.58. The standard InChI is InChI=1S/C15H15FN2OS/c1-10-3-5-11(6-4-10)17-15(20)18-12-7-8-14(19-2)13(16)9-12/h3-9H,1-2H3,(H2,17,18,20). The highest BCUT2D eigenvalue weighted by Gasteiger charge is 2.04. The number of ether oxygens (including phenoxy) is 1. The minimum atomic E-state index is -0.435. The smallest absolute Gasteiger partial charge is 0.175 e. The minimum absolute atomic E-state index is 0.202. The lowest BCUT2D eigenvalue weighted by Crippen LogP contribution is -2.19. The Morgan fingerprint density at radius 3 is 2.25 bits per heavy atom. The van der Waals surface area contributed by atoms with Gasteiger partial charge in [-0.25, -0.2) is 4.39 Å². The number of benzene rings is 2. The first kappa shape index (κ1) is 14.3. The van der Waals surface area contributed by atoms with Crippen LogP contribution in [-0.4, -0.2) is 12.2 Å². The molecule has 0 aromatic heterocycles. The largest absolute Gasteiger partial charge is 0.494 e. The maximum atomic E-state index is 13.5. The molecule has 0 aliphatic heterocycles. The van der Waals surface area contributed by atoms with E-state index < -0.39 is 5.82 Å². The summed E-state index contributed by atoms with van der Waals surface area (Å²) in [4.78, 5) is 0. The Kier molecular flexibility index (Phi) is 4.53. The van der Waals surface area contributed by atoms with Gasteiger partial charge in [-0.15, -0.1) is 0 Å². The highest BCUT2D eigenvalue weighted by atomic mass is 32.1. The van der Waals surface area contributed by atoms with Gasteiger partial charge < -0.3 is 15.4 Å². The topological polar surface area (TPSA) is 33.3 Å². The van der Waals surface area contributed by atoms with Gasteiger partial charge in [0, 0.05) is 17.4 Å². The summed E-state index contributed by atoms with van der Waals surface area (Å²) in [5.41, 5.74) is 2.61. The zero-order chi connectivity index (χ0) is 14.5. The van der Waals surface area contributed by atoms with Crippen molar-refractivity contribution in [3.63, 3.8) is 0 Å². The van der Waals surface area contributed by atoms with E-state index in [1.807, 2.05) is 31.2 Å². The SMILES string of the molecule is COc1ccc(NC(=S)Nc2ccc(C)cc2)cc1F. The van der Waals surface area contributed by atoms with Crippen LogP contribution in [0.15, 0.2) is 42.5 Å². The Bertz CT molecular complexity index is 614. The molecule has 2 rings (SSSR count). The van der Waals surface area contributed by atoms with E-state index in [4.69, 9.17) is 17.0 Å². The minimum Gasteiger partial charge on any atom is -0.494 e. The normalized spacial score (nSPS) is 9.95. The average Bonchev–Trinajstić information content (AvgIpc) is 2.41. The zero-order valence-electron chi connectivity index (χ0n) is 11.2. The van der Waals surface area contributed by atoms with Crippen LogP contribution in [0.1, 0.15) is 5.56 Å². The molecule has 0 saturated carbocycles. The van der Waals surface area contributed by atoms with Gasteiger partial charge in [0.05, 0.1) is 7.11 Å². The third-order valence-electron chi connectivity index (χ3n) is 2.72. The summed E-state index contributed by atoms with van der Waals surface area (Å²) in [5.74, 6) is -0.233. The van der Waals surface area contributed by atoms with Crippen molar-refractivity contribution in [2.24, 2.45) is 0 Å². The number of rotatable bonds is 3. The number of anilines is 2. The Morgan fingerprint density at radius 1 is 1.05 bits per heavy atom. The van der Waals surface area contributed by atoms with Crippen LogP contribution in [0.5, 0.6) is 5.75 Å². The second-order valence-corrected chi connectivity index (χ2v) is 4.70. The molecule has 0 aliphatic carbocycles. The monoisotopic (exact) mass is 290 g/mol. The van der Waals surface area contributed by atoms with E-state index in [0.717, 1.165) is 5.69 Å². The Morgan fingerprint density at radius 2 is 1.65 bits per heavy atom. The predicted molar refractivity (Wildman–Crippen MR) is 84.0 cm³/mol. The molecular formula is C15H15FN2OS. The number of halogens is 1. The van der Waals surface area contributed by atoms with Gasteiger partial charge in [0.2, 0.25) is 0 Å². The summed E-state index contributed by atoms with van der Waals surface area (Å²) >= 11 is 5.18. The first-order valence-electron chi connectivity index (χ1n) is 6.06. The molecule has 5 heteroatoms. The Labute approximate surface area is 122 Å². The van der Waals surface area contributed by atoms with Crippen molar-refractivity contribution in [1.29, 1.82) is 0 Å². The van der Waals surface area contributed by atoms with Crippen LogP contribution in [0.4, 0.5) is 15.8 Å². The third-order valence-corrected chi connectivity index (χ3v) is 2.92. The molecule has 0 spiro atoms. The molecular weight excluding hydrogens is 275 g/mol. The summed E-state index contributed by atoms with van der Waals surface area (Å²) in [7, 11) is 1.43. The van der Waals surface area contributed by atoms with Gasteiger partial charge >= 0.3 is 0 Å². The molecule has 0 saturated heterocycles. The summed E-state index contributed by atoms with van der Waals surface area (Å²) in [5, 5.41) is 6.36. The Hall–Kier alpha value is -2.14. The van der Waals surface area contributed by atoms with E-state index in [1.54, 1.807) is 12.1 Å². The lowest BCUT2D eigenvalue weighted by atomic mass is 10.2. The molecule has 0 bridgehead atoms. The molecule has 2 aromatic carbocycles. The number of hydrogen-bond donors (Lipinski definition) is 2. The second kappa shape index (κ2) is 6.34. The van der Waals surface area contributed by atoms with Crippen molar-refractivity contribution < 1.29 is 9.13 Å². The summed E-state index contributed by atoms with van der Waals surface area (Å²) in [6, 6.07) is 12.4. The third kappa shape index (κ3) is 3.68. The molecule has 2 N–H and O–H groups in total. The molecule has 0 aliphatic rings. The van der Waals surface area contributed by atoms with E-state index in [2.05, 4.69) is 10.6 Å². The molecule has 0 unspecified atom stereocenters. The van der Waals surface area contributed by atoms with Gasteiger partial charge in [-0.3, -0.25) is 0 Å². The molecule has 0 fully saturated rings. The molecule has 20 heavy (non-hydrogen) atoms. The van der Waals surface area contributed by atoms with Gasteiger partial charge in [-0.2, -0.15) is 0 Å². The lowest BCUT2D eigenvalue weighted by Gasteiger charge is -2.11. The van der Waals surface area contributed by atoms with Crippen molar-refractivity contribution >= 4 is 28.7 Å². The highest BCUT2D eigenvalue weighted by Crippen LogP contribution is 2.20. The lowest BCUT2D eigenvalue weighted by molar-refractivity contribution is 0.387. The molecule has 2 aromatic rings. The van der Waals surface area contributed by atoms with Crippen molar-refractivity contribution in [2.45, 2.75) is 6.92 Å². The maximum absolute atomic E-state index is 13.5. The molecule has 0 radical (unpaired) electrons. The number of thiocarbonyl (C=S) groups is 1. The zero-order valence-corrected chi connectivity index (χ0v) is 12.1. The predicted octanol–water partition coefficient (Wildman–Crippen LogP) is 3.95. The van der Waals surface area contributed by atoms with Crippen molar-refractivity contribution in [2.75, 3.05) is 17.7 Å². The van der Waals surface area contributed by atoms with Gasteiger partial charge in [0.25, 0.3) is 0 Å². The maximum Gasteiger partial charge on any atom is 0.175 e. The van der Waals surface area contributed by atoms with E-state index in [0.29, 0.717) is 10.8 Å². The van der Waals surface area contributed by atoms with Crippen LogP contribution in [0.3, 0.4) is 0 Å². The summed E-state index contributed by atoms with van der Waals surface area (Å²) < 4.78 is 18.4. The van der Waals surface area contributed by atoms with Crippen LogP contribution in [0.25, 0.3) is 0 Å². The quantitative estimate of drug-likeness (QED) is 0.839. The number of hydrogen-bond acceptors (Lipinski definition) is 2. The molecule has 0 atom stereocenters. The Balaban J connectivity index is 2.01. The highest BCUT2D eigenvalue weighted by molar-refractivity contribution is 7.80. The fraction of sp³-hybridized carbons (Fsp3) is 0.133. The fourth-order valence-corrected chi connectivity index (χ4v) is 1.91. The first-order valence-corrected chi connectivity index (χ1v) is 6.47. The summed E-state index contributed by atoms with van der Waals surface area (Å²) in [6.07, 6.45) is 0. The van der Waals surface area contributed by atoms with E-state index in [1.165, 1.54) is 18.7 Å². The van der Waals surface area contributed by atoms with E-state index in [-0.39, 0.29) is 5.75 Å². The number of aryl methyl sites for hydroxylation is 1.